The van der Waals surface area contributed by atoms with Crippen molar-refractivity contribution in [3.63, 3.8) is 0 Å². The number of rotatable bonds is 10. The van der Waals surface area contributed by atoms with Gasteiger partial charge >= 0.3 is 59.1 Å². The number of Topliss-reactive ketones (excluding diaryl/α,β-unsaturated/α-hetero) is 1. The summed E-state index contributed by atoms with van der Waals surface area (Å²) < 4.78 is 25.3. The molecule has 0 rings (SSSR count). The third kappa shape index (κ3) is 30.0. The van der Waals surface area contributed by atoms with Gasteiger partial charge in [0.25, 0.3) is 0 Å². The number of hydrogen-bond acceptors (Lipinski definition) is 5. The van der Waals surface area contributed by atoms with E-state index < -0.39 is 17.3 Å². The number of carbonyl (C=O) groups excluding carboxylic acids is 2. The molecule has 0 N–H and O–H groups in total. The molecule has 0 amide bonds. The summed E-state index contributed by atoms with van der Waals surface area (Å²) in [6.07, 6.45) is 9.81. The Labute approximate surface area is 175 Å². The van der Waals surface area contributed by atoms with Gasteiger partial charge in [0.05, 0.1) is 5.92 Å². The monoisotopic (exact) mass is 338 g/mol. The number of aldehydes is 1. The van der Waals surface area contributed by atoms with Gasteiger partial charge in [-0.3, -0.25) is 9.00 Å². The largest absolute Gasteiger partial charge is 1.00 e. The molecule has 0 saturated heterocycles. The smallest absolute Gasteiger partial charge is 0.784 e. The van der Waals surface area contributed by atoms with E-state index in [0.717, 1.165) is 19.1 Å². The Balaban J connectivity index is -0.000000213. The molecule has 21 heavy (non-hydrogen) atoms. The van der Waals surface area contributed by atoms with Crippen LogP contribution in [0.4, 0.5) is 0 Å². The van der Waals surface area contributed by atoms with Gasteiger partial charge < -0.3 is 13.9 Å². The Morgan fingerprint density at radius 3 is 1.81 bits per heavy atom. The van der Waals surface area contributed by atoms with Crippen molar-refractivity contribution < 1.29 is 82.0 Å². The van der Waals surface area contributed by atoms with E-state index in [0.29, 0.717) is 6.42 Å². The van der Waals surface area contributed by atoms with Gasteiger partial charge in [0, 0.05) is 6.42 Å². The summed E-state index contributed by atoms with van der Waals surface area (Å²) >= 11 is -3.11. The predicted molar refractivity (Wildman–Crippen MR) is 72.5 cm³/mol. The number of ketones is 1. The molecule has 5 nitrogen and oxygen atoms in total. The predicted octanol–water partition coefficient (Wildman–Crippen LogP) is -3.46. The van der Waals surface area contributed by atoms with E-state index in [9.17, 15) is 9.59 Å². The van der Waals surface area contributed by atoms with Gasteiger partial charge in [-0.1, -0.05) is 45.4 Å². The van der Waals surface area contributed by atoms with Gasteiger partial charge in [-0.25, -0.2) is 0 Å². The van der Waals surface area contributed by atoms with Crippen molar-refractivity contribution in [3.8, 4) is 0 Å². The normalized spacial score (nSPS) is 10.5. The van der Waals surface area contributed by atoms with Crippen LogP contribution in [0.15, 0.2) is 0 Å². The summed E-state index contributed by atoms with van der Waals surface area (Å²) in [4.78, 5) is 21.6. The second-order valence-corrected chi connectivity index (χ2v) is 4.87. The third-order valence-corrected chi connectivity index (χ3v) is 2.74. The van der Waals surface area contributed by atoms with E-state index in [2.05, 4.69) is 6.92 Å². The van der Waals surface area contributed by atoms with Crippen LogP contribution in [0.1, 0.15) is 65.2 Å². The summed E-state index contributed by atoms with van der Waals surface area (Å²) in [6.45, 7) is 3.88. The molecule has 1 unspecified atom stereocenters. The van der Waals surface area contributed by atoms with Crippen molar-refractivity contribution in [2.75, 3.05) is 0 Å². The summed E-state index contributed by atoms with van der Waals surface area (Å²) in [5.74, 6) is -0.302. The third-order valence-electron chi connectivity index (χ3n) is 2.74. The van der Waals surface area contributed by atoms with E-state index in [1.165, 1.54) is 32.1 Å². The minimum atomic E-state index is -3.11. The average molecular weight is 338 g/mol. The fourth-order valence-corrected chi connectivity index (χ4v) is 1.56. The molecular weight excluding hydrogens is 314 g/mol. The van der Waals surface area contributed by atoms with Crippen LogP contribution in [0.25, 0.3) is 0 Å². The maximum absolute atomic E-state index is 11.3. The van der Waals surface area contributed by atoms with Crippen LogP contribution < -0.4 is 59.1 Å². The van der Waals surface area contributed by atoms with Crippen LogP contribution in [0.2, 0.25) is 0 Å². The van der Waals surface area contributed by atoms with Gasteiger partial charge in [0.2, 0.25) is 0 Å². The van der Waals surface area contributed by atoms with Crippen molar-refractivity contribution in [1.82, 2.24) is 0 Å². The fourth-order valence-electron chi connectivity index (χ4n) is 1.56. The second-order valence-electron chi connectivity index (χ2n) is 4.47. The Morgan fingerprint density at radius 1 is 1.05 bits per heavy atom. The summed E-state index contributed by atoms with van der Waals surface area (Å²) in [5, 5.41) is 0. The number of hydrogen-bond donors (Lipinski definition) is 0. The van der Waals surface area contributed by atoms with Gasteiger partial charge in [-0.2, -0.15) is 0 Å². The number of carbonyl (C=O) groups is 2. The topological polar surface area (TPSA) is 97.3 Å². The minimum absolute atomic E-state index is 0. The molecule has 0 bridgehead atoms. The van der Waals surface area contributed by atoms with Crippen molar-refractivity contribution in [1.29, 1.82) is 0 Å². The van der Waals surface area contributed by atoms with E-state index in [1.54, 1.807) is 6.92 Å². The molecule has 0 aliphatic carbocycles. The van der Waals surface area contributed by atoms with Crippen molar-refractivity contribution in [2.45, 2.75) is 65.2 Å². The molecule has 0 spiro atoms. The molecule has 0 heterocycles. The van der Waals surface area contributed by atoms with Gasteiger partial charge in [-0.15, -0.1) is 11.4 Å². The van der Waals surface area contributed by atoms with Crippen LogP contribution >= 0.6 is 0 Å². The van der Waals surface area contributed by atoms with Crippen LogP contribution in [0.5, 0.6) is 0 Å². The first kappa shape index (κ1) is 30.3. The SMILES string of the molecule is CCCCCCCCCC(=O)C(C)C=O.O=S([O-])[O-].[Na+].[Na+]. The molecule has 0 aliphatic rings. The Bertz CT molecular complexity index is 261. The zero-order valence-electron chi connectivity index (χ0n) is 13.8. The van der Waals surface area contributed by atoms with Gasteiger partial charge in [0.1, 0.15) is 12.1 Å². The van der Waals surface area contributed by atoms with E-state index in [1.807, 2.05) is 0 Å². The van der Waals surface area contributed by atoms with Crippen molar-refractivity contribution in [2.24, 2.45) is 5.92 Å². The molecule has 1 atom stereocenters. The molecular formula is C13H24Na2O5S. The number of unbranched alkanes of at least 4 members (excludes halogenated alkanes) is 6. The van der Waals surface area contributed by atoms with E-state index in [-0.39, 0.29) is 64.9 Å². The van der Waals surface area contributed by atoms with E-state index >= 15 is 0 Å². The van der Waals surface area contributed by atoms with E-state index in [4.69, 9.17) is 13.3 Å². The zero-order chi connectivity index (χ0) is 15.1. The molecule has 0 aromatic carbocycles. The first-order valence-electron chi connectivity index (χ1n) is 6.70. The molecule has 0 aromatic heterocycles. The molecule has 0 fully saturated rings. The Kier molecular flexibility index (Phi) is 34.2. The summed E-state index contributed by atoms with van der Waals surface area (Å²) in [6, 6.07) is 0. The standard InChI is InChI=1S/C13H24O2.2Na.H2O3S/c1-3-4-5-6-7-8-9-10-13(15)12(2)11-14;;;1-4(2)3/h11-12H,3-10H2,1-2H3;;;(H2,1,2,3)/q;2*+1;/p-2. The average Bonchev–Trinajstić information content (AvgIpc) is 2.35. The summed E-state index contributed by atoms with van der Waals surface area (Å²) in [7, 11) is 0. The van der Waals surface area contributed by atoms with Crippen LogP contribution in [-0.4, -0.2) is 25.4 Å². The maximum atomic E-state index is 11.3. The fraction of sp³-hybridized carbons (Fsp3) is 0.846. The quantitative estimate of drug-likeness (QED) is 0.136. The van der Waals surface area contributed by atoms with Crippen molar-refractivity contribution in [3.05, 3.63) is 0 Å². The van der Waals surface area contributed by atoms with Crippen LogP contribution in [0.3, 0.4) is 0 Å². The first-order chi connectivity index (χ1) is 8.95. The molecule has 0 aliphatic heterocycles. The second kappa shape index (κ2) is 23.7. The Hall–Kier alpha value is 1.41. The molecule has 0 radical (unpaired) electrons. The maximum Gasteiger partial charge on any atom is 1.00 e. The molecule has 0 aromatic rings. The minimum Gasteiger partial charge on any atom is -0.784 e. The summed E-state index contributed by atoms with van der Waals surface area (Å²) in [5.41, 5.74) is 0. The van der Waals surface area contributed by atoms with Gasteiger partial charge in [-0.05, 0) is 13.3 Å². The molecule has 114 valence electrons. The molecule has 0 saturated carbocycles. The van der Waals surface area contributed by atoms with Gasteiger partial charge in [0.15, 0.2) is 0 Å². The zero-order valence-corrected chi connectivity index (χ0v) is 18.6. The molecule has 8 heteroatoms. The van der Waals surface area contributed by atoms with Crippen LogP contribution in [-0.2, 0) is 21.0 Å². The van der Waals surface area contributed by atoms with Crippen LogP contribution in [0, 0.1) is 5.92 Å². The first-order valence-corrected chi connectivity index (χ1v) is 7.70. The van der Waals surface area contributed by atoms with Crippen molar-refractivity contribution >= 4 is 23.4 Å². The Morgan fingerprint density at radius 2 is 1.43 bits per heavy atom.